The molecule has 1 aliphatic rings. The van der Waals surface area contributed by atoms with Gasteiger partial charge in [-0.2, -0.15) is 13.2 Å². The van der Waals surface area contributed by atoms with Crippen LogP contribution in [0.25, 0.3) is 0 Å². The maximum atomic E-state index is 13.2. The van der Waals surface area contributed by atoms with Crippen molar-refractivity contribution < 1.29 is 35.9 Å². The van der Waals surface area contributed by atoms with Crippen molar-refractivity contribution in [1.82, 2.24) is 4.72 Å². The normalized spacial score (nSPS) is 16.1. The molecule has 3 rings (SSSR count). The van der Waals surface area contributed by atoms with E-state index >= 15 is 0 Å². The molecule has 0 bridgehead atoms. The molecule has 0 radical (unpaired) electrons. The van der Waals surface area contributed by atoms with Crippen LogP contribution in [0.1, 0.15) is 76.6 Å². The van der Waals surface area contributed by atoms with Crippen LogP contribution in [0.3, 0.4) is 0 Å². The maximum Gasteiger partial charge on any atom is 0.416 e. The first kappa shape index (κ1) is 31.1. The van der Waals surface area contributed by atoms with Gasteiger partial charge in [-0.3, -0.25) is 0 Å². The summed E-state index contributed by atoms with van der Waals surface area (Å²) in [6.45, 7) is 8.94. The van der Waals surface area contributed by atoms with Gasteiger partial charge in [0.05, 0.1) is 10.5 Å². The molecule has 0 spiro atoms. The number of alkyl halides is 3. The van der Waals surface area contributed by atoms with Crippen molar-refractivity contribution in [3.63, 3.8) is 0 Å². The number of carbonyl (C=O) groups is 1. The molecule has 0 fully saturated rings. The lowest BCUT2D eigenvalue weighted by atomic mass is 9.99. The Hall–Kier alpha value is -2.11. The van der Waals surface area contributed by atoms with E-state index in [4.69, 9.17) is 9.47 Å². The topological polar surface area (TPSA) is 81.7 Å². The highest BCUT2D eigenvalue weighted by molar-refractivity contribution is 9.10. The number of esters is 1. The van der Waals surface area contributed by atoms with Gasteiger partial charge in [-0.05, 0) is 75.4 Å². The number of nitrogens with one attached hydrogen (secondary N) is 1. The first-order chi connectivity index (χ1) is 17.2. The molecule has 6 nitrogen and oxygen atoms in total. The quantitative estimate of drug-likeness (QED) is 0.283. The van der Waals surface area contributed by atoms with Crippen LogP contribution in [0.2, 0.25) is 0 Å². The Morgan fingerprint density at radius 1 is 1.11 bits per heavy atom. The molecule has 0 amide bonds. The van der Waals surface area contributed by atoms with Gasteiger partial charge in [0.15, 0.2) is 6.61 Å². The summed E-state index contributed by atoms with van der Waals surface area (Å²) in [6, 6.07) is 7.06. The third kappa shape index (κ3) is 9.00. The lowest BCUT2D eigenvalue weighted by Crippen LogP contribution is -2.29. The molecular formula is C26H33BrF3NO5S. The standard InChI is InChI=1S/C24H27BrF3NO5S.C2H6/c1-23(2,3)34-22(30)14-33-21-10-6-8-18-19(21)7-4-5-9-20(18)29-35(31,32)17-12-15(24(26,27)28)11-16(25)13-17;1-2/h6,8,10-13,20,29H,4-5,7,9,14H2,1-3H3;1-2H3. The van der Waals surface area contributed by atoms with Crippen molar-refractivity contribution in [2.45, 2.75) is 83.0 Å². The average molecular weight is 609 g/mol. The number of ether oxygens (including phenoxy) is 2. The Balaban J connectivity index is 0.00000235. The van der Waals surface area contributed by atoms with E-state index in [1.165, 1.54) is 0 Å². The largest absolute Gasteiger partial charge is 0.482 e. The highest BCUT2D eigenvalue weighted by Gasteiger charge is 2.33. The van der Waals surface area contributed by atoms with Crippen LogP contribution in [-0.2, 0) is 32.2 Å². The van der Waals surface area contributed by atoms with Crippen molar-refractivity contribution in [2.75, 3.05) is 6.61 Å². The second-order valence-corrected chi connectivity index (χ2v) is 11.9. The van der Waals surface area contributed by atoms with Gasteiger partial charge in [0.2, 0.25) is 10.0 Å². The summed E-state index contributed by atoms with van der Waals surface area (Å²) in [6.07, 6.45) is -2.18. The van der Waals surface area contributed by atoms with Crippen LogP contribution in [0, 0.1) is 0 Å². The lowest BCUT2D eigenvalue weighted by Gasteiger charge is -2.22. The van der Waals surface area contributed by atoms with E-state index in [0.29, 0.717) is 36.6 Å². The molecule has 37 heavy (non-hydrogen) atoms. The van der Waals surface area contributed by atoms with Crippen LogP contribution in [0.4, 0.5) is 13.2 Å². The van der Waals surface area contributed by atoms with Gasteiger partial charge < -0.3 is 9.47 Å². The van der Waals surface area contributed by atoms with Gasteiger partial charge in [0.25, 0.3) is 0 Å². The van der Waals surface area contributed by atoms with Gasteiger partial charge in [-0.1, -0.05) is 48.3 Å². The van der Waals surface area contributed by atoms with Gasteiger partial charge in [-0.15, -0.1) is 0 Å². The minimum absolute atomic E-state index is 0.00629. The van der Waals surface area contributed by atoms with Crippen LogP contribution < -0.4 is 9.46 Å². The molecule has 2 aromatic rings. The van der Waals surface area contributed by atoms with Crippen LogP contribution in [0.5, 0.6) is 5.75 Å². The fourth-order valence-electron chi connectivity index (χ4n) is 3.88. The summed E-state index contributed by atoms with van der Waals surface area (Å²) in [5.41, 5.74) is -0.299. The Morgan fingerprint density at radius 3 is 2.41 bits per heavy atom. The van der Waals surface area contributed by atoms with E-state index in [9.17, 15) is 26.4 Å². The van der Waals surface area contributed by atoms with Gasteiger partial charge in [-0.25, -0.2) is 17.9 Å². The molecule has 1 aliphatic carbocycles. The predicted octanol–water partition coefficient (Wildman–Crippen LogP) is 6.96. The Morgan fingerprint density at radius 2 is 1.78 bits per heavy atom. The predicted molar refractivity (Wildman–Crippen MR) is 139 cm³/mol. The molecule has 0 heterocycles. The number of fused-ring (bicyclic) bond motifs is 1. The number of hydrogen-bond acceptors (Lipinski definition) is 5. The smallest absolute Gasteiger partial charge is 0.416 e. The number of carbonyl (C=O) groups excluding carboxylic acids is 1. The molecular weight excluding hydrogens is 575 g/mol. The van der Waals surface area contributed by atoms with E-state index in [0.717, 1.165) is 24.1 Å². The third-order valence-electron chi connectivity index (χ3n) is 5.29. The van der Waals surface area contributed by atoms with Gasteiger partial charge >= 0.3 is 12.1 Å². The zero-order valence-corrected chi connectivity index (χ0v) is 23.9. The number of sulfonamides is 1. The summed E-state index contributed by atoms with van der Waals surface area (Å²) in [5.74, 6) is -0.0858. The molecule has 1 atom stereocenters. The zero-order valence-electron chi connectivity index (χ0n) is 21.5. The van der Waals surface area contributed by atoms with E-state index in [-0.39, 0.29) is 11.1 Å². The van der Waals surface area contributed by atoms with E-state index < -0.39 is 44.3 Å². The zero-order chi connectivity index (χ0) is 28.0. The second kappa shape index (κ2) is 12.6. The monoisotopic (exact) mass is 607 g/mol. The van der Waals surface area contributed by atoms with Crippen molar-refractivity contribution in [2.24, 2.45) is 0 Å². The van der Waals surface area contributed by atoms with Crippen molar-refractivity contribution in [3.05, 3.63) is 57.6 Å². The first-order valence-electron chi connectivity index (χ1n) is 12.0. The maximum absolute atomic E-state index is 13.2. The molecule has 0 saturated carbocycles. The van der Waals surface area contributed by atoms with Crippen molar-refractivity contribution in [3.8, 4) is 5.75 Å². The van der Waals surface area contributed by atoms with E-state index in [1.54, 1.807) is 39.0 Å². The summed E-state index contributed by atoms with van der Waals surface area (Å²) < 4.78 is 79.4. The van der Waals surface area contributed by atoms with Crippen molar-refractivity contribution in [1.29, 1.82) is 0 Å². The number of benzene rings is 2. The number of halogens is 4. The molecule has 1 N–H and O–H groups in total. The Labute approximate surface area is 225 Å². The van der Waals surface area contributed by atoms with E-state index in [2.05, 4.69) is 20.7 Å². The minimum Gasteiger partial charge on any atom is -0.482 e. The molecule has 1 unspecified atom stereocenters. The summed E-state index contributed by atoms with van der Waals surface area (Å²) in [4.78, 5) is 11.6. The number of hydrogen-bond donors (Lipinski definition) is 1. The second-order valence-electron chi connectivity index (χ2n) is 9.29. The van der Waals surface area contributed by atoms with Crippen LogP contribution >= 0.6 is 15.9 Å². The van der Waals surface area contributed by atoms with E-state index in [1.807, 2.05) is 13.8 Å². The molecule has 11 heteroatoms. The van der Waals surface area contributed by atoms with Crippen LogP contribution in [0.15, 0.2) is 45.8 Å². The SMILES string of the molecule is CC.CC(C)(C)OC(=O)COc1cccc2c1CCCCC2NS(=O)(=O)c1cc(Br)cc(C(F)(F)F)c1. The highest BCUT2D eigenvalue weighted by atomic mass is 79.9. The Bertz CT molecular complexity index is 1190. The molecule has 0 aliphatic heterocycles. The third-order valence-corrected chi connectivity index (χ3v) is 7.20. The average Bonchev–Trinajstić information content (AvgIpc) is 2.99. The first-order valence-corrected chi connectivity index (χ1v) is 14.3. The number of rotatable bonds is 6. The summed E-state index contributed by atoms with van der Waals surface area (Å²) in [7, 11) is -4.28. The molecule has 2 aromatic carbocycles. The summed E-state index contributed by atoms with van der Waals surface area (Å²) >= 11 is 2.97. The van der Waals surface area contributed by atoms with Gasteiger partial charge in [0, 0.05) is 10.5 Å². The summed E-state index contributed by atoms with van der Waals surface area (Å²) in [5, 5.41) is 0. The van der Waals surface area contributed by atoms with Gasteiger partial charge in [0.1, 0.15) is 11.4 Å². The molecule has 0 aromatic heterocycles. The minimum atomic E-state index is -4.69. The fourth-order valence-corrected chi connectivity index (χ4v) is 5.85. The molecule has 206 valence electrons. The Kier molecular flexibility index (Phi) is 10.6. The van der Waals surface area contributed by atoms with Crippen molar-refractivity contribution >= 4 is 31.9 Å². The van der Waals surface area contributed by atoms with Crippen LogP contribution in [-0.4, -0.2) is 26.6 Å². The highest BCUT2D eigenvalue weighted by Crippen LogP contribution is 2.37. The molecule has 0 saturated heterocycles. The fraction of sp³-hybridized carbons (Fsp3) is 0.500. The lowest BCUT2D eigenvalue weighted by molar-refractivity contribution is -0.157.